The molecular weight excluding hydrogens is 264 g/mol. The number of carbonyl (C=O) groups excluding carboxylic acids is 1. The van der Waals surface area contributed by atoms with E-state index in [1.165, 1.54) is 19.4 Å². The molecule has 2 N–H and O–H groups in total. The normalized spacial score (nSPS) is 37.6. The summed E-state index contributed by atoms with van der Waals surface area (Å²) in [6, 6.07) is 0.657. The molecule has 0 spiro atoms. The van der Waals surface area contributed by atoms with Gasteiger partial charge in [-0.05, 0) is 70.9 Å². The van der Waals surface area contributed by atoms with E-state index in [1.807, 2.05) is 6.92 Å². The topological polar surface area (TPSA) is 55.6 Å². The number of carbonyl (C=O) groups is 1. The molecule has 4 unspecified atom stereocenters. The summed E-state index contributed by atoms with van der Waals surface area (Å²) < 4.78 is 5.21. The predicted molar refractivity (Wildman–Crippen MR) is 84.9 cm³/mol. The summed E-state index contributed by atoms with van der Waals surface area (Å²) in [6.45, 7) is 9.19. The van der Waals surface area contributed by atoms with Gasteiger partial charge in [0.25, 0.3) is 0 Å². The molecule has 0 aromatic carbocycles. The Hall–Kier alpha value is -0.610. The summed E-state index contributed by atoms with van der Waals surface area (Å²) >= 11 is 0. The molecule has 0 amide bonds. The highest BCUT2D eigenvalue weighted by atomic mass is 16.5. The Morgan fingerprint density at radius 3 is 2.81 bits per heavy atom. The molecule has 4 nitrogen and oxygen atoms in total. The van der Waals surface area contributed by atoms with Crippen LogP contribution in [0.15, 0.2) is 0 Å². The number of hydrogen-bond donors (Lipinski definition) is 1. The fourth-order valence-electron chi connectivity index (χ4n) is 4.15. The van der Waals surface area contributed by atoms with E-state index < -0.39 is 5.54 Å². The van der Waals surface area contributed by atoms with Crippen molar-refractivity contribution in [3.05, 3.63) is 0 Å². The molecular formula is C17H32N2O2. The molecule has 1 aliphatic carbocycles. The van der Waals surface area contributed by atoms with Crippen LogP contribution in [-0.2, 0) is 9.53 Å². The van der Waals surface area contributed by atoms with E-state index in [9.17, 15) is 4.79 Å². The van der Waals surface area contributed by atoms with Crippen LogP contribution in [0.2, 0.25) is 0 Å². The molecule has 1 saturated heterocycles. The van der Waals surface area contributed by atoms with Crippen LogP contribution in [0.25, 0.3) is 0 Å². The minimum absolute atomic E-state index is 0.187. The highest BCUT2D eigenvalue weighted by molar-refractivity contribution is 5.81. The van der Waals surface area contributed by atoms with Crippen LogP contribution in [0.5, 0.6) is 0 Å². The van der Waals surface area contributed by atoms with Gasteiger partial charge in [-0.2, -0.15) is 0 Å². The molecule has 0 aromatic heterocycles. The molecule has 0 aromatic rings. The smallest absolute Gasteiger partial charge is 0.326 e. The first-order valence-corrected chi connectivity index (χ1v) is 8.67. The monoisotopic (exact) mass is 296 g/mol. The lowest BCUT2D eigenvalue weighted by Crippen LogP contribution is -2.53. The number of likely N-dealkylation sites (tertiary alicyclic amines) is 1. The van der Waals surface area contributed by atoms with Gasteiger partial charge in [0.1, 0.15) is 5.54 Å². The third-order valence-corrected chi connectivity index (χ3v) is 5.57. The predicted octanol–water partition coefficient (Wildman–Crippen LogP) is 2.56. The van der Waals surface area contributed by atoms with Crippen LogP contribution in [0.1, 0.15) is 59.3 Å². The number of nitrogens with zero attached hydrogens (tertiary/aromatic N) is 1. The maximum Gasteiger partial charge on any atom is 0.326 e. The molecule has 2 rings (SSSR count). The third kappa shape index (κ3) is 3.78. The Balaban J connectivity index is 1.88. The molecule has 2 aliphatic rings. The van der Waals surface area contributed by atoms with Gasteiger partial charge in [-0.25, -0.2) is 0 Å². The number of nitrogens with two attached hydrogens (primary N) is 1. The number of esters is 1. The minimum Gasteiger partial charge on any atom is -0.465 e. The SMILES string of the molecule is CCOC(=O)C1(N)CCCC1CCN1CCC(C)CC1C. The second-order valence-electron chi connectivity index (χ2n) is 7.15. The van der Waals surface area contributed by atoms with Gasteiger partial charge in [-0.1, -0.05) is 13.3 Å². The van der Waals surface area contributed by atoms with Crippen molar-refractivity contribution in [3.63, 3.8) is 0 Å². The van der Waals surface area contributed by atoms with Gasteiger partial charge in [0.2, 0.25) is 0 Å². The maximum atomic E-state index is 12.2. The van der Waals surface area contributed by atoms with E-state index in [1.54, 1.807) is 0 Å². The van der Waals surface area contributed by atoms with Gasteiger partial charge in [0.05, 0.1) is 6.61 Å². The Labute approximate surface area is 129 Å². The molecule has 4 atom stereocenters. The Morgan fingerprint density at radius 1 is 1.38 bits per heavy atom. The lowest BCUT2D eigenvalue weighted by molar-refractivity contribution is -0.151. The minimum atomic E-state index is -0.734. The quantitative estimate of drug-likeness (QED) is 0.792. The zero-order valence-corrected chi connectivity index (χ0v) is 13.9. The average Bonchev–Trinajstić information content (AvgIpc) is 2.81. The van der Waals surface area contributed by atoms with Crippen molar-refractivity contribution in [2.24, 2.45) is 17.6 Å². The summed E-state index contributed by atoms with van der Waals surface area (Å²) in [4.78, 5) is 14.7. The van der Waals surface area contributed by atoms with Crippen LogP contribution >= 0.6 is 0 Å². The average molecular weight is 296 g/mol. The van der Waals surface area contributed by atoms with Crippen LogP contribution in [0.3, 0.4) is 0 Å². The van der Waals surface area contributed by atoms with Crippen LogP contribution in [0, 0.1) is 11.8 Å². The second kappa shape index (κ2) is 7.10. The summed E-state index contributed by atoms with van der Waals surface area (Å²) in [5.74, 6) is 0.937. The van der Waals surface area contributed by atoms with Gasteiger partial charge in [0.15, 0.2) is 0 Å². The first kappa shape index (κ1) is 16.8. The second-order valence-corrected chi connectivity index (χ2v) is 7.15. The van der Waals surface area contributed by atoms with Crippen molar-refractivity contribution < 1.29 is 9.53 Å². The lowest BCUT2D eigenvalue weighted by Gasteiger charge is -2.38. The van der Waals surface area contributed by atoms with Crippen LogP contribution in [-0.4, -0.2) is 42.1 Å². The van der Waals surface area contributed by atoms with Crippen molar-refractivity contribution >= 4 is 5.97 Å². The van der Waals surface area contributed by atoms with Crippen molar-refractivity contribution in [2.75, 3.05) is 19.7 Å². The van der Waals surface area contributed by atoms with Crippen LogP contribution < -0.4 is 5.73 Å². The number of piperidine rings is 1. The molecule has 122 valence electrons. The first-order valence-electron chi connectivity index (χ1n) is 8.67. The molecule has 1 aliphatic heterocycles. The van der Waals surface area contributed by atoms with Gasteiger partial charge in [0, 0.05) is 6.04 Å². The largest absolute Gasteiger partial charge is 0.465 e. The van der Waals surface area contributed by atoms with Crippen molar-refractivity contribution in [2.45, 2.75) is 70.9 Å². The zero-order chi connectivity index (χ0) is 15.5. The lowest BCUT2D eigenvalue weighted by atomic mass is 9.85. The number of hydrogen-bond acceptors (Lipinski definition) is 4. The molecule has 21 heavy (non-hydrogen) atoms. The van der Waals surface area contributed by atoms with Gasteiger partial charge in [-0.3, -0.25) is 4.79 Å². The van der Waals surface area contributed by atoms with Crippen molar-refractivity contribution in [1.82, 2.24) is 4.90 Å². The van der Waals surface area contributed by atoms with E-state index >= 15 is 0 Å². The maximum absolute atomic E-state index is 12.2. The highest BCUT2D eigenvalue weighted by Gasteiger charge is 2.46. The molecule has 1 saturated carbocycles. The van der Waals surface area contributed by atoms with Crippen LogP contribution in [0.4, 0.5) is 0 Å². The number of rotatable bonds is 5. The van der Waals surface area contributed by atoms with Gasteiger partial charge < -0.3 is 15.4 Å². The molecule has 2 fully saturated rings. The molecule has 0 radical (unpaired) electrons. The molecule has 0 bridgehead atoms. The van der Waals surface area contributed by atoms with Gasteiger partial charge in [-0.15, -0.1) is 0 Å². The number of ether oxygens (including phenoxy) is 1. The standard InChI is InChI=1S/C17H32N2O2/c1-4-21-16(20)17(18)9-5-6-15(17)8-11-19-10-7-13(2)12-14(19)3/h13-15H,4-12,18H2,1-3H3. The van der Waals surface area contributed by atoms with Gasteiger partial charge >= 0.3 is 5.97 Å². The van der Waals surface area contributed by atoms with E-state index in [0.29, 0.717) is 12.6 Å². The van der Waals surface area contributed by atoms with E-state index in [0.717, 1.165) is 38.1 Å². The Kier molecular flexibility index (Phi) is 5.67. The summed E-state index contributed by atoms with van der Waals surface area (Å²) in [7, 11) is 0. The Morgan fingerprint density at radius 2 is 2.14 bits per heavy atom. The first-order chi connectivity index (χ1) is 9.97. The highest BCUT2D eigenvalue weighted by Crippen LogP contribution is 2.37. The summed E-state index contributed by atoms with van der Waals surface area (Å²) in [5, 5.41) is 0. The Bertz CT molecular complexity index is 361. The zero-order valence-electron chi connectivity index (χ0n) is 13.9. The third-order valence-electron chi connectivity index (χ3n) is 5.57. The molecule has 4 heteroatoms. The van der Waals surface area contributed by atoms with E-state index in [4.69, 9.17) is 10.5 Å². The van der Waals surface area contributed by atoms with Crippen molar-refractivity contribution in [3.8, 4) is 0 Å². The summed E-state index contributed by atoms with van der Waals surface area (Å²) in [5.41, 5.74) is 5.68. The van der Waals surface area contributed by atoms with E-state index in [-0.39, 0.29) is 11.9 Å². The van der Waals surface area contributed by atoms with E-state index in [2.05, 4.69) is 18.7 Å². The fraction of sp³-hybridized carbons (Fsp3) is 0.941. The fourth-order valence-corrected chi connectivity index (χ4v) is 4.15. The summed E-state index contributed by atoms with van der Waals surface area (Å²) in [6.07, 6.45) is 6.49. The van der Waals surface area contributed by atoms with Crippen molar-refractivity contribution in [1.29, 1.82) is 0 Å². The molecule has 1 heterocycles.